The molecule has 0 amide bonds. The summed E-state index contributed by atoms with van der Waals surface area (Å²) in [4.78, 5) is 0. The summed E-state index contributed by atoms with van der Waals surface area (Å²) in [5, 5.41) is 0. The third kappa shape index (κ3) is 6.21. The lowest BCUT2D eigenvalue weighted by Gasteiger charge is -2.19. The first-order valence-corrected chi connectivity index (χ1v) is 12.1. The van der Waals surface area contributed by atoms with Crippen molar-refractivity contribution >= 4 is 0 Å². The maximum atomic E-state index is 2.47. The van der Waals surface area contributed by atoms with Gasteiger partial charge in [-0.2, -0.15) is 0 Å². The van der Waals surface area contributed by atoms with E-state index < -0.39 is 0 Å². The zero-order valence-corrected chi connectivity index (χ0v) is 20.3. The molecular formula is C29H44. The molecule has 2 rings (SSSR count). The highest BCUT2D eigenvalue weighted by Gasteiger charge is 2.14. The number of hydrogen-bond donors (Lipinski definition) is 0. The van der Waals surface area contributed by atoms with Crippen LogP contribution in [-0.4, -0.2) is 0 Å². The van der Waals surface area contributed by atoms with Crippen molar-refractivity contribution < 1.29 is 0 Å². The molecule has 0 aliphatic heterocycles. The standard InChI is InChI=1S/C29H44/c1-9-20(5)26-14-24(15-27(18-26)21(6)10-2)13-25-16-28(22(7)11-3)19-29(17-25)23(8)12-4/h14-23H,9-13H2,1-8H3. The summed E-state index contributed by atoms with van der Waals surface area (Å²) in [6, 6.07) is 14.8. The third-order valence-corrected chi connectivity index (χ3v) is 7.21. The Balaban J connectivity index is 2.48. The second kappa shape index (κ2) is 11.0. The van der Waals surface area contributed by atoms with Crippen molar-refractivity contribution in [3.05, 3.63) is 69.8 Å². The first kappa shape index (κ1) is 23.7. The topological polar surface area (TPSA) is 0 Å². The number of hydrogen-bond acceptors (Lipinski definition) is 0. The second-order valence-electron chi connectivity index (χ2n) is 9.43. The van der Waals surface area contributed by atoms with Crippen LogP contribution in [0.15, 0.2) is 36.4 Å². The zero-order chi connectivity index (χ0) is 21.6. The van der Waals surface area contributed by atoms with Gasteiger partial charge in [-0.05, 0) is 89.2 Å². The monoisotopic (exact) mass is 392 g/mol. The molecule has 0 radical (unpaired) electrons. The largest absolute Gasteiger partial charge is 0.0648 e. The molecule has 0 N–H and O–H groups in total. The van der Waals surface area contributed by atoms with Gasteiger partial charge < -0.3 is 0 Å². The van der Waals surface area contributed by atoms with Gasteiger partial charge in [-0.1, -0.05) is 91.8 Å². The van der Waals surface area contributed by atoms with E-state index in [4.69, 9.17) is 0 Å². The summed E-state index contributed by atoms with van der Waals surface area (Å²) in [5.74, 6) is 2.50. The molecule has 0 fully saturated rings. The van der Waals surface area contributed by atoms with Crippen molar-refractivity contribution in [1.82, 2.24) is 0 Å². The average molecular weight is 393 g/mol. The van der Waals surface area contributed by atoms with Gasteiger partial charge in [0.15, 0.2) is 0 Å². The van der Waals surface area contributed by atoms with E-state index in [0.29, 0.717) is 23.7 Å². The molecule has 0 heterocycles. The molecular weight excluding hydrogens is 348 g/mol. The summed E-state index contributed by atoms with van der Waals surface area (Å²) in [7, 11) is 0. The smallest absolute Gasteiger partial charge is 0.00254 e. The van der Waals surface area contributed by atoms with Crippen LogP contribution in [0.2, 0.25) is 0 Å². The van der Waals surface area contributed by atoms with Gasteiger partial charge in [0.2, 0.25) is 0 Å². The summed E-state index contributed by atoms with van der Waals surface area (Å²) in [6.07, 6.45) is 5.84. The Morgan fingerprint density at radius 2 is 0.690 bits per heavy atom. The maximum absolute atomic E-state index is 2.47. The lowest BCUT2D eigenvalue weighted by Crippen LogP contribution is -2.03. The SMILES string of the molecule is CCC(C)c1cc(Cc2cc(C(C)CC)cc(C(C)CC)c2)cc(C(C)CC)c1. The van der Waals surface area contributed by atoms with E-state index in [1.807, 2.05) is 0 Å². The molecule has 29 heavy (non-hydrogen) atoms. The van der Waals surface area contributed by atoms with E-state index in [1.165, 1.54) is 59.1 Å². The fraction of sp³-hybridized carbons (Fsp3) is 0.586. The Morgan fingerprint density at radius 3 is 0.897 bits per heavy atom. The molecule has 0 nitrogen and oxygen atoms in total. The zero-order valence-electron chi connectivity index (χ0n) is 20.3. The van der Waals surface area contributed by atoms with E-state index in [0.717, 1.165) is 6.42 Å². The van der Waals surface area contributed by atoms with Crippen LogP contribution in [-0.2, 0) is 6.42 Å². The molecule has 2 aromatic carbocycles. The normalized spacial score (nSPS) is 15.7. The van der Waals surface area contributed by atoms with E-state index in [2.05, 4.69) is 91.8 Å². The number of benzene rings is 2. The molecule has 0 spiro atoms. The fourth-order valence-electron chi connectivity index (χ4n) is 4.01. The van der Waals surface area contributed by atoms with Crippen LogP contribution in [0, 0.1) is 0 Å². The van der Waals surface area contributed by atoms with Crippen molar-refractivity contribution in [3.63, 3.8) is 0 Å². The van der Waals surface area contributed by atoms with Crippen LogP contribution in [0.3, 0.4) is 0 Å². The lowest BCUT2D eigenvalue weighted by atomic mass is 9.86. The highest BCUT2D eigenvalue weighted by atomic mass is 14.2. The Bertz CT molecular complexity index is 648. The van der Waals surface area contributed by atoms with Crippen molar-refractivity contribution in [2.45, 2.75) is 111 Å². The Morgan fingerprint density at radius 1 is 0.448 bits per heavy atom. The molecule has 0 saturated carbocycles. The van der Waals surface area contributed by atoms with Crippen molar-refractivity contribution in [1.29, 1.82) is 0 Å². The van der Waals surface area contributed by atoms with Crippen LogP contribution in [0.25, 0.3) is 0 Å². The van der Waals surface area contributed by atoms with Gasteiger partial charge in [0.1, 0.15) is 0 Å². The first-order chi connectivity index (χ1) is 13.8. The molecule has 0 aromatic heterocycles. The third-order valence-electron chi connectivity index (χ3n) is 7.21. The summed E-state index contributed by atoms with van der Waals surface area (Å²) < 4.78 is 0. The van der Waals surface area contributed by atoms with Gasteiger partial charge in [-0.3, -0.25) is 0 Å². The maximum Gasteiger partial charge on any atom is -0.00254 e. The summed E-state index contributed by atoms with van der Waals surface area (Å²) >= 11 is 0. The Labute approximate surface area is 181 Å². The Hall–Kier alpha value is -1.56. The van der Waals surface area contributed by atoms with Crippen molar-refractivity contribution in [3.8, 4) is 0 Å². The molecule has 0 heteroatoms. The predicted octanol–water partition coefficient (Wildman–Crippen LogP) is 9.33. The Kier molecular flexibility index (Phi) is 9.00. The van der Waals surface area contributed by atoms with E-state index in [9.17, 15) is 0 Å². The lowest BCUT2D eigenvalue weighted by molar-refractivity contribution is 0.706. The number of rotatable bonds is 10. The van der Waals surface area contributed by atoms with E-state index in [-0.39, 0.29) is 0 Å². The van der Waals surface area contributed by atoms with Gasteiger partial charge in [0, 0.05) is 0 Å². The predicted molar refractivity (Wildman–Crippen MR) is 131 cm³/mol. The van der Waals surface area contributed by atoms with Crippen molar-refractivity contribution in [2.75, 3.05) is 0 Å². The van der Waals surface area contributed by atoms with Gasteiger partial charge >= 0.3 is 0 Å². The minimum Gasteiger partial charge on any atom is -0.0648 e. The summed E-state index contributed by atoms with van der Waals surface area (Å²) in [5.41, 5.74) is 9.02. The minimum absolute atomic E-state index is 0.625. The van der Waals surface area contributed by atoms with Crippen LogP contribution in [0.5, 0.6) is 0 Å². The van der Waals surface area contributed by atoms with Crippen LogP contribution in [0.1, 0.15) is 138 Å². The average Bonchev–Trinajstić information content (AvgIpc) is 2.76. The van der Waals surface area contributed by atoms with Gasteiger partial charge in [-0.15, -0.1) is 0 Å². The van der Waals surface area contributed by atoms with E-state index in [1.54, 1.807) is 0 Å². The molecule has 4 atom stereocenters. The second-order valence-corrected chi connectivity index (χ2v) is 9.43. The summed E-state index contributed by atoms with van der Waals surface area (Å²) in [6.45, 7) is 18.7. The molecule has 2 aromatic rings. The fourth-order valence-corrected chi connectivity index (χ4v) is 4.01. The van der Waals surface area contributed by atoms with Crippen molar-refractivity contribution in [2.24, 2.45) is 0 Å². The molecule has 0 saturated heterocycles. The van der Waals surface area contributed by atoms with Gasteiger partial charge in [-0.25, -0.2) is 0 Å². The highest BCUT2D eigenvalue weighted by molar-refractivity contribution is 5.40. The first-order valence-electron chi connectivity index (χ1n) is 12.1. The molecule has 0 aliphatic carbocycles. The molecule has 4 unspecified atom stereocenters. The van der Waals surface area contributed by atoms with Crippen LogP contribution >= 0.6 is 0 Å². The molecule has 0 aliphatic rings. The molecule has 0 bridgehead atoms. The quantitative estimate of drug-likeness (QED) is 0.378. The van der Waals surface area contributed by atoms with Gasteiger partial charge in [0.25, 0.3) is 0 Å². The van der Waals surface area contributed by atoms with Crippen LogP contribution in [0.4, 0.5) is 0 Å². The van der Waals surface area contributed by atoms with Crippen LogP contribution < -0.4 is 0 Å². The van der Waals surface area contributed by atoms with E-state index >= 15 is 0 Å². The highest BCUT2D eigenvalue weighted by Crippen LogP contribution is 2.31. The van der Waals surface area contributed by atoms with Gasteiger partial charge in [0.05, 0.1) is 0 Å². The molecule has 160 valence electrons. The minimum atomic E-state index is 0.625.